The molecule has 1 aliphatic carbocycles. The highest BCUT2D eigenvalue weighted by Crippen LogP contribution is 2.41. The van der Waals surface area contributed by atoms with Crippen LogP contribution in [0.3, 0.4) is 0 Å². The molecule has 1 aliphatic heterocycles. The smallest absolute Gasteiger partial charge is 0.294 e. The van der Waals surface area contributed by atoms with E-state index in [1.54, 1.807) is 18.2 Å². The van der Waals surface area contributed by atoms with Gasteiger partial charge in [-0.2, -0.15) is 0 Å². The number of nitro benzene ring substituents is 1. The molecule has 2 amide bonds. The largest absolute Gasteiger partial charge is 0.375 e. The molecule has 2 aliphatic rings. The first kappa shape index (κ1) is 19.0. The second kappa shape index (κ2) is 7.62. The Kier molecular flexibility index (Phi) is 5.00. The molecule has 4 rings (SSSR count). The molecule has 29 heavy (non-hydrogen) atoms. The zero-order valence-electron chi connectivity index (χ0n) is 15.6. The van der Waals surface area contributed by atoms with Gasteiger partial charge in [-0.15, -0.1) is 0 Å². The Morgan fingerprint density at radius 2 is 1.66 bits per heavy atom. The predicted molar refractivity (Wildman–Crippen MR) is 105 cm³/mol. The highest BCUT2D eigenvalue weighted by atomic mass is 19.1. The minimum absolute atomic E-state index is 0.222. The Morgan fingerprint density at radius 1 is 1.03 bits per heavy atom. The second-order valence-corrected chi connectivity index (χ2v) is 7.45. The van der Waals surface area contributed by atoms with Gasteiger partial charge in [0.05, 0.1) is 22.4 Å². The Hall–Kier alpha value is -3.29. The second-order valence-electron chi connectivity index (χ2n) is 7.45. The number of nitro groups is 1. The summed E-state index contributed by atoms with van der Waals surface area (Å²) in [6.45, 7) is 0.270. The maximum atomic E-state index is 13.0. The lowest BCUT2D eigenvalue weighted by Gasteiger charge is -2.19. The summed E-state index contributed by atoms with van der Waals surface area (Å²) in [5, 5.41) is 14.6. The summed E-state index contributed by atoms with van der Waals surface area (Å²) in [5.74, 6) is -1.51. The number of imide groups is 1. The van der Waals surface area contributed by atoms with Crippen molar-refractivity contribution in [3.8, 4) is 0 Å². The standard InChI is InChI=1S/C21H20FN3O4/c22-14-7-5-13(6-8-14)12-23-18-10-9-15(11-19(18)25(28)29)24-20(26)16-3-1-2-4-17(16)21(24)27/h5-11,16-17,23H,1-4,12H2/t16-,17-/m1/s1. The third-order valence-electron chi connectivity index (χ3n) is 5.67. The van der Waals surface area contributed by atoms with E-state index in [1.165, 1.54) is 24.3 Å². The van der Waals surface area contributed by atoms with Gasteiger partial charge in [-0.1, -0.05) is 25.0 Å². The molecule has 1 saturated carbocycles. The van der Waals surface area contributed by atoms with E-state index in [4.69, 9.17) is 0 Å². The number of carbonyl (C=O) groups is 2. The number of fused-ring (bicyclic) bond motifs is 1. The molecule has 8 heteroatoms. The zero-order valence-corrected chi connectivity index (χ0v) is 15.6. The van der Waals surface area contributed by atoms with Gasteiger partial charge in [-0.3, -0.25) is 19.7 Å². The van der Waals surface area contributed by atoms with Crippen LogP contribution in [0.5, 0.6) is 0 Å². The quantitative estimate of drug-likeness (QED) is 0.467. The molecule has 2 fully saturated rings. The lowest BCUT2D eigenvalue weighted by Crippen LogP contribution is -2.30. The normalized spacial score (nSPS) is 21.2. The monoisotopic (exact) mass is 397 g/mol. The summed E-state index contributed by atoms with van der Waals surface area (Å²) >= 11 is 0. The molecule has 1 heterocycles. The number of anilines is 2. The van der Waals surface area contributed by atoms with Crippen molar-refractivity contribution in [2.24, 2.45) is 11.8 Å². The average molecular weight is 397 g/mol. The molecule has 0 radical (unpaired) electrons. The van der Waals surface area contributed by atoms with Gasteiger partial charge in [-0.05, 0) is 42.7 Å². The maximum absolute atomic E-state index is 13.0. The van der Waals surface area contributed by atoms with Crippen molar-refractivity contribution in [3.05, 3.63) is 64.0 Å². The minimum atomic E-state index is -0.547. The first-order valence-corrected chi connectivity index (χ1v) is 9.60. The van der Waals surface area contributed by atoms with Crippen LogP contribution >= 0.6 is 0 Å². The van der Waals surface area contributed by atoms with Crippen LogP contribution in [0.1, 0.15) is 31.2 Å². The van der Waals surface area contributed by atoms with Crippen LogP contribution in [0.15, 0.2) is 42.5 Å². The molecule has 2 atom stereocenters. The summed E-state index contributed by atoms with van der Waals surface area (Å²) in [5.41, 5.74) is 1.03. The molecule has 7 nitrogen and oxygen atoms in total. The molecule has 0 aromatic heterocycles. The molecule has 2 aromatic rings. The van der Waals surface area contributed by atoms with E-state index in [-0.39, 0.29) is 53.1 Å². The number of nitrogens with one attached hydrogen (secondary N) is 1. The number of amides is 2. The van der Waals surface area contributed by atoms with E-state index in [9.17, 15) is 24.1 Å². The molecule has 150 valence electrons. The van der Waals surface area contributed by atoms with E-state index in [0.29, 0.717) is 12.8 Å². The van der Waals surface area contributed by atoms with Gasteiger partial charge in [0.25, 0.3) is 5.69 Å². The highest BCUT2D eigenvalue weighted by Gasteiger charge is 2.49. The summed E-state index contributed by atoms with van der Waals surface area (Å²) < 4.78 is 13.0. The third kappa shape index (κ3) is 3.57. The van der Waals surface area contributed by atoms with Crippen molar-refractivity contribution >= 4 is 28.9 Å². The Morgan fingerprint density at radius 3 is 2.24 bits per heavy atom. The Bertz CT molecular complexity index is 952. The fourth-order valence-electron chi connectivity index (χ4n) is 4.18. The highest BCUT2D eigenvalue weighted by molar-refractivity contribution is 6.22. The molecular weight excluding hydrogens is 377 g/mol. The van der Waals surface area contributed by atoms with E-state index >= 15 is 0 Å². The van der Waals surface area contributed by atoms with Crippen molar-refractivity contribution in [3.63, 3.8) is 0 Å². The van der Waals surface area contributed by atoms with Gasteiger partial charge in [-0.25, -0.2) is 9.29 Å². The lowest BCUT2D eigenvalue weighted by atomic mass is 9.81. The average Bonchev–Trinajstić information content (AvgIpc) is 2.98. The minimum Gasteiger partial charge on any atom is -0.375 e. The van der Waals surface area contributed by atoms with Crippen LogP contribution in [-0.4, -0.2) is 16.7 Å². The molecule has 0 unspecified atom stereocenters. The lowest BCUT2D eigenvalue weighted by molar-refractivity contribution is -0.383. The maximum Gasteiger partial charge on any atom is 0.294 e. The topological polar surface area (TPSA) is 92.6 Å². The molecule has 0 spiro atoms. The fraction of sp³-hybridized carbons (Fsp3) is 0.333. The fourth-order valence-corrected chi connectivity index (χ4v) is 4.18. The number of hydrogen-bond acceptors (Lipinski definition) is 5. The van der Waals surface area contributed by atoms with Gasteiger partial charge in [0.15, 0.2) is 0 Å². The van der Waals surface area contributed by atoms with Crippen LogP contribution in [-0.2, 0) is 16.1 Å². The van der Waals surface area contributed by atoms with Gasteiger partial charge in [0, 0.05) is 12.6 Å². The summed E-state index contributed by atoms with van der Waals surface area (Å²) in [7, 11) is 0. The van der Waals surface area contributed by atoms with Crippen LogP contribution in [0.4, 0.5) is 21.5 Å². The first-order chi connectivity index (χ1) is 14.0. The van der Waals surface area contributed by atoms with Crippen molar-refractivity contribution in [2.45, 2.75) is 32.2 Å². The van der Waals surface area contributed by atoms with Crippen LogP contribution in [0.25, 0.3) is 0 Å². The van der Waals surface area contributed by atoms with Crippen LogP contribution < -0.4 is 10.2 Å². The van der Waals surface area contributed by atoms with Crippen LogP contribution in [0.2, 0.25) is 0 Å². The number of rotatable bonds is 5. The Labute approximate surface area is 166 Å². The zero-order chi connectivity index (χ0) is 20.5. The number of hydrogen-bond donors (Lipinski definition) is 1. The predicted octanol–water partition coefficient (Wildman–Crippen LogP) is 4.03. The summed E-state index contributed by atoms with van der Waals surface area (Å²) in [4.78, 5) is 37.6. The number of benzene rings is 2. The molecule has 1 N–H and O–H groups in total. The van der Waals surface area contributed by atoms with E-state index < -0.39 is 4.92 Å². The molecule has 1 saturated heterocycles. The summed E-state index contributed by atoms with van der Waals surface area (Å²) in [6, 6.07) is 10.1. The SMILES string of the molecule is O=C1[C@@H]2CCCC[C@H]2C(=O)N1c1ccc(NCc2ccc(F)cc2)c([N+](=O)[O-])c1. The van der Waals surface area contributed by atoms with Crippen molar-refractivity contribution in [1.29, 1.82) is 0 Å². The van der Waals surface area contributed by atoms with Crippen molar-refractivity contribution in [1.82, 2.24) is 0 Å². The molecule has 0 bridgehead atoms. The van der Waals surface area contributed by atoms with E-state index in [0.717, 1.165) is 23.3 Å². The molecule has 2 aromatic carbocycles. The first-order valence-electron chi connectivity index (χ1n) is 9.60. The third-order valence-corrected chi connectivity index (χ3v) is 5.67. The van der Waals surface area contributed by atoms with Gasteiger partial charge in [0.1, 0.15) is 11.5 Å². The number of nitrogens with zero attached hydrogens (tertiary/aromatic N) is 2. The van der Waals surface area contributed by atoms with Gasteiger partial charge in [0.2, 0.25) is 11.8 Å². The van der Waals surface area contributed by atoms with E-state index in [2.05, 4.69) is 5.32 Å². The summed E-state index contributed by atoms with van der Waals surface area (Å²) in [6.07, 6.45) is 3.21. The number of carbonyl (C=O) groups excluding carboxylic acids is 2. The van der Waals surface area contributed by atoms with Gasteiger partial charge >= 0.3 is 0 Å². The van der Waals surface area contributed by atoms with E-state index in [1.807, 2.05) is 0 Å². The number of halogens is 1. The van der Waals surface area contributed by atoms with Crippen LogP contribution in [0, 0.1) is 27.8 Å². The Balaban J connectivity index is 1.59. The molecular formula is C21H20FN3O4. The van der Waals surface area contributed by atoms with Crippen molar-refractivity contribution in [2.75, 3.05) is 10.2 Å². The van der Waals surface area contributed by atoms with Crippen molar-refractivity contribution < 1.29 is 18.9 Å². The van der Waals surface area contributed by atoms with Gasteiger partial charge < -0.3 is 5.32 Å².